The van der Waals surface area contributed by atoms with E-state index in [0.29, 0.717) is 19.2 Å². The molecule has 0 radical (unpaired) electrons. The Morgan fingerprint density at radius 3 is 2.30 bits per heavy atom. The van der Waals surface area contributed by atoms with E-state index < -0.39 is 6.41 Å². The number of rotatable bonds is 2. The molecule has 2 rings (SSSR count). The van der Waals surface area contributed by atoms with Crippen LogP contribution in [0.25, 0.3) is 0 Å². The van der Waals surface area contributed by atoms with Gasteiger partial charge in [-0.15, -0.1) is 0 Å². The Kier molecular flexibility index (Phi) is 5.48. The van der Waals surface area contributed by atoms with E-state index >= 15 is 0 Å². The van der Waals surface area contributed by atoms with Crippen molar-refractivity contribution in [3.8, 4) is 0 Å². The van der Waals surface area contributed by atoms with Crippen LogP contribution in [0.1, 0.15) is 0 Å². The van der Waals surface area contributed by atoms with Crippen molar-refractivity contribution in [1.29, 1.82) is 0 Å². The quantitative estimate of drug-likeness (QED) is 0.279. The zero-order chi connectivity index (χ0) is 14.5. The van der Waals surface area contributed by atoms with Crippen LogP contribution in [0.4, 0.5) is 0 Å². The predicted molar refractivity (Wildman–Crippen MR) is 66.3 cm³/mol. The van der Waals surface area contributed by atoms with Gasteiger partial charge in [0.1, 0.15) is 13.1 Å². The molecule has 0 atom stereocenters. The van der Waals surface area contributed by atoms with E-state index in [2.05, 4.69) is 10.4 Å². The van der Waals surface area contributed by atoms with Gasteiger partial charge >= 0.3 is 6.02 Å². The van der Waals surface area contributed by atoms with Crippen LogP contribution in [-0.4, -0.2) is 86.9 Å². The standard InChI is InChI=1S/C10H22N5O5/c1-12(2)10(15-5-7-16-8-6-15)17-11-9-18-13(3)20-14(4)19-9/h9,11H,5-8H2,1-4H3/q+1. The molecule has 0 bridgehead atoms. The normalized spacial score (nSPS) is 22.9. The van der Waals surface area contributed by atoms with Crippen LogP contribution in [-0.2, 0) is 24.2 Å². The minimum atomic E-state index is -0.810. The fourth-order valence-corrected chi connectivity index (χ4v) is 1.83. The molecule has 10 nitrogen and oxygen atoms in total. The molecule has 0 spiro atoms. The summed E-state index contributed by atoms with van der Waals surface area (Å²) in [6, 6.07) is 0.664. The third-order valence-electron chi connectivity index (χ3n) is 2.63. The molecule has 10 heteroatoms. The summed E-state index contributed by atoms with van der Waals surface area (Å²) in [5, 5.41) is 2.32. The first-order valence-corrected chi connectivity index (χ1v) is 6.34. The average Bonchev–Trinajstić information content (AvgIpc) is 2.38. The van der Waals surface area contributed by atoms with Gasteiger partial charge in [-0.2, -0.15) is 4.94 Å². The number of hydrogen-bond donors (Lipinski definition) is 1. The van der Waals surface area contributed by atoms with Gasteiger partial charge in [-0.05, 0) is 10.5 Å². The number of nitrogens with one attached hydrogen (secondary N) is 1. The van der Waals surface area contributed by atoms with E-state index in [0.717, 1.165) is 23.5 Å². The highest BCUT2D eigenvalue weighted by Crippen LogP contribution is 2.08. The second kappa shape index (κ2) is 7.13. The summed E-state index contributed by atoms with van der Waals surface area (Å²) in [5.74, 6) is 0. The first-order valence-electron chi connectivity index (χ1n) is 6.34. The zero-order valence-corrected chi connectivity index (χ0v) is 12.2. The summed E-state index contributed by atoms with van der Waals surface area (Å²) >= 11 is 0. The summed E-state index contributed by atoms with van der Waals surface area (Å²) in [6.07, 6.45) is -0.810. The van der Waals surface area contributed by atoms with Crippen LogP contribution in [0, 0.1) is 0 Å². The summed E-state index contributed by atoms with van der Waals surface area (Å²) in [4.78, 5) is 23.0. The third-order valence-corrected chi connectivity index (χ3v) is 2.63. The summed E-state index contributed by atoms with van der Waals surface area (Å²) in [5.41, 5.74) is 2.69. The Bertz CT molecular complexity index is 335. The van der Waals surface area contributed by atoms with Crippen LogP contribution < -0.4 is 5.48 Å². The van der Waals surface area contributed by atoms with Gasteiger partial charge in [-0.25, -0.2) is 19.2 Å². The molecule has 2 saturated heterocycles. The molecule has 1 N–H and O–H groups in total. The van der Waals surface area contributed by atoms with Gasteiger partial charge in [0.15, 0.2) is 0 Å². The monoisotopic (exact) mass is 292 g/mol. The molecule has 0 saturated carbocycles. The number of hydrogen-bond acceptors (Lipinski definition) is 8. The molecule has 2 aliphatic rings. The second-order valence-corrected chi connectivity index (χ2v) is 4.50. The summed E-state index contributed by atoms with van der Waals surface area (Å²) in [6.45, 7) is 2.89. The van der Waals surface area contributed by atoms with Crippen molar-refractivity contribution < 1.29 is 28.8 Å². The molecule has 2 fully saturated rings. The SMILES string of the molecule is CN1OC(NOC(N2CCOCC2)=[N+](C)C)ON(C)O1. The van der Waals surface area contributed by atoms with Crippen LogP contribution in [0.3, 0.4) is 0 Å². The first-order chi connectivity index (χ1) is 9.56. The number of ether oxygens (including phenoxy) is 1. The Labute approximate surface area is 117 Å². The minimum Gasteiger partial charge on any atom is -0.373 e. The molecule has 2 aliphatic heterocycles. The van der Waals surface area contributed by atoms with Crippen molar-refractivity contribution in [2.45, 2.75) is 6.41 Å². The van der Waals surface area contributed by atoms with Crippen molar-refractivity contribution in [3.63, 3.8) is 0 Å². The molecule has 2 heterocycles. The topological polar surface area (TPSA) is 70.9 Å². The molecule has 0 aliphatic carbocycles. The van der Waals surface area contributed by atoms with E-state index in [1.165, 1.54) is 0 Å². The van der Waals surface area contributed by atoms with Crippen molar-refractivity contribution in [3.05, 3.63) is 0 Å². The Balaban J connectivity index is 1.87. The number of hydroxylamine groups is 5. The summed E-state index contributed by atoms with van der Waals surface area (Å²) in [7, 11) is 7.01. The first kappa shape index (κ1) is 15.4. The zero-order valence-electron chi connectivity index (χ0n) is 12.2. The maximum Gasteiger partial charge on any atom is 0.465 e. The van der Waals surface area contributed by atoms with Crippen molar-refractivity contribution in [2.75, 3.05) is 54.5 Å². The smallest absolute Gasteiger partial charge is 0.373 e. The highest BCUT2D eigenvalue weighted by Gasteiger charge is 2.30. The summed E-state index contributed by atoms with van der Waals surface area (Å²) < 4.78 is 7.19. The largest absolute Gasteiger partial charge is 0.465 e. The Hall–Kier alpha value is -1.01. The van der Waals surface area contributed by atoms with E-state index in [1.54, 1.807) is 14.1 Å². The molecule has 0 aromatic carbocycles. The van der Waals surface area contributed by atoms with Gasteiger partial charge in [0.25, 0.3) is 6.41 Å². The number of morpholine rings is 1. The van der Waals surface area contributed by atoms with E-state index in [-0.39, 0.29) is 0 Å². The lowest BCUT2D eigenvalue weighted by molar-refractivity contribution is -0.619. The molecule has 0 aromatic heterocycles. The average molecular weight is 292 g/mol. The van der Waals surface area contributed by atoms with Gasteiger partial charge in [-0.1, -0.05) is 5.48 Å². The van der Waals surface area contributed by atoms with Crippen LogP contribution in [0.2, 0.25) is 0 Å². The van der Waals surface area contributed by atoms with E-state index in [4.69, 9.17) is 24.2 Å². The maximum atomic E-state index is 5.58. The number of nitrogens with zero attached hydrogens (tertiary/aromatic N) is 4. The molecule has 0 amide bonds. The van der Waals surface area contributed by atoms with Gasteiger partial charge in [0.2, 0.25) is 0 Å². The van der Waals surface area contributed by atoms with Gasteiger partial charge in [-0.3, -0.25) is 0 Å². The molecular weight excluding hydrogens is 270 g/mol. The third kappa shape index (κ3) is 4.24. The fraction of sp³-hybridized carbons (Fsp3) is 0.900. The highest BCUT2D eigenvalue weighted by atomic mass is 17.2. The molecule has 0 aromatic rings. The van der Waals surface area contributed by atoms with Gasteiger partial charge < -0.3 is 9.57 Å². The van der Waals surface area contributed by atoms with Crippen molar-refractivity contribution >= 4 is 6.02 Å². The molecule has 20 heavy (non-hydrogen) atoms. The lowest BCUT2D eigenvalue weighted by Gasteiger charge is -2.33. The van der Waals surface area contributed by atoms with E-state index in [1.807, 2.05) is 18.7 Å². The molecule has 0 unspecified atom stereocenters. The lowest BCUT2D eigenvalue weighted by atomic mass is 10.4. The maximum absolute atomic E-state index is 5.58. The highest BCUT2D eigenvalue weighted by molar-refractivity contribution is 5.68. The molecule has 116 valence electrons. The van der Waals surface area contributed by atoms with Crippen LogP contribution >= 0.6 is 0 Å². The van der Waals surface area contributed by atoms with Crippen LogP contribution in [0.5, 0.6) is 0 Å². The van der Waals surface area contributed by atoms with Gasteiger partial charge in [0, 0.05) is 14.1 Å². The lowest BCUT2D eigenvalue weighted by Crippen LogP contribution is -2.53. The van der Waals surface area contributed by atoms with E-state index in [9.17, 15) is 0 Å². The minimum absolute atomic E-state index is 0.664. The van der Waals surface area contributed by atoms with Crippen LogP contribution in [0.15, 0.2) is 0 Å². The van der Waals surface area contributed by atoms with Gasteiger partial charge in [0.05, 0.1) is 27.3 Å². The van der Waals surface area contributed by atoms with Crippen molar-refractivity contribution in [1.82, 2.24) is 20.8 Å². The second-order valence-electron chi connectivity index (χ2n) is 4.50. The number of amidine groups is 1. The Morgan fingerprint density at radius 1 is 1.15 bits per heavy atom. The predicted octanol–water partition coefficient (Wildman–Crippen LogP) is -1.66. The Morgan fingerprint density at radius 2 is 1.75 bits per heavy atom. The van der Waals surface area contributed by atoms with Crippen molar-refractivity contribution in [2.24, 2.45) is 0 Å². The molecular formula is C10H22N5O5+. The fourth-order valence-electron chi connectivity index (χ4n) is 1.83.